The number of rotatable bonds is 4. The normalized spacial score (nSPS) is 13.7. The Morgan fingerprint density at radius 3 is 2.65 bits per heavy atom. The van der Waals surface area contributed by atoms with Crippen molar-refractivity contribution in [2.45, 2.75) is 12.8 Å². The Kier molecular flexibility index (Phi) is 4.76. The largest absolute Gasteiger partial charge is 0.573 e. The van der Waals surface area contributed by atoms with E-state index < -0.39 is 12.3 Å². The highest BCUT2D eigenvalue weighted by Crippen LogP contribution is 2.34. The number of alkyl halides is 3. The molecule has 1 aromatic carbocycles. The van der Waals surface area contributed by atoms with Gasteiger partial charge in [-0.2, -0.15) is 0 Å². The molecule has 1 N–H and O–H groups in total. The van der Waals surface area contributed by atoms with Crippen molar-refractivity contribution >= 4 is 17.4 Å². The lowest BCUT2D eigenvalue weighted by atomic mass is 10.0. The number of aromatic nitrogens is 2. The number of nitrogens with one attached hydrogen (secondary N) is 1. The number of hydrogen-bond donors (Lipinski definition) is 1. The van der Waals surface area contributed by atoms with E-state index in [-0.39, 0.29) is 12.2 Å². The van der Waals surface area contributed by atoms with Crippen LogP contribution < -0.4 is 15.1 Å². The predicted octanol–water partition coefficient (Wildman–Crippen LogP) is 2.63. The average molecular weight is 366 g/mol. The standard InChI is InChI=1S/C16H13F3N4O3/c1-25-22-15(24)11-6-10-7-20-9-21-14(10)23(8-11)12-2-4-13(5-3-12)26-16(17,18)19/h2-5,7-9H,6H2,1H3,(H,22,24). The summed E-state index contributed by atoms with van der Waals surface area (Å²) in [7, 11) is 1.31. The second kappa shape index (κ2) is 7.00. The number of carbonyl (C=O) groups excluding carboxylic acids is 1. The molecule has 0 radical (unpaired) electrons. The molecule has 1 aliphatic rings. The van der Waals surface area contributed by atoms with Gasteiger partial charge >= 0.3 is 6.36 Å². The lowest BCUT2D eigenvalue weighted by Crippen LogP contribution is -2.29. The summed E-state index contributed by atoms with van der Waals surface area (Å²) in [6.45, 7) is 0. The van der Waals surface area contributed by atoms with Gasteiger partial charge < -0.3 is 9.64 Å². The van der Waals surface area contributed by atoms with Gasteiger partial charge in [0, 0.05) is 35.6 Å². The van der Waals surface area contributed by atoms with E-state index in [9.17, 15) is 18.0 Å². The molecule has 1 aromatic heterocycles. The van der Waals surface area contributed by atoms with Crippen molar-refractivity contribution in [1.29, 1.82) is 0 Å². The van der Waals surface area contributed by atoms with Gasteiger partial charge in [0.1, 0.15) is 17.9 Å². The maximum absolute atomic E-state index is 12.3. The topological polar surface area (TPSA) is 76.6 Å². The summed E-state index contributed by atoms with van der Waals surface area (Å²) in [5.41, 5.74) is 3.80. The van der Waals surface area contributed by atoms with Crippen LogP contribution in [0.2, 0.25) is 0 Å². The molecule has 0 unspecified atom stereocenters. The van der Waals surface area contributed by atoms with Crippen LogP contribution in [-0.4, -0.2) is 29.3 Å². The van der Waals surface area contributed by atoms with E-state index in [1.54, 1.807) is 17.3 Å². The summed E-state index contributed by atoms with van der Waals surface area (Å²) >= 11 is 0. The summed E-state index contributed by atoms with van der Waals surface area (Å²) in [4.78, 5) is 26.4. The number of carbonyl (C=O) groups is 1. The molecule has 7 nitrogen and oxygen atoms in total. The highest BCUT2D eigenvalue weighted by molar-refractivity contribution is 5.95. The number of hydrogen-bond acceptors (Lipinski definition) is 6. The number of nitrogens with zero attached hydrogens (tertiary/aromatic N) is 3. The van der Waals surface area contributed by atoms with Crippen molar-refractivity contribution in [2.24, 2.45) is 0 Å². The molecule has 2 aromatic rings. The SMILES string of the molecule is CONC(=O)C1=CN(c2ccc(OC(F)(F)F)cc2)c2ncncc2C1. The van der Waals surface area contributed by atoms with Crippen LogP contribution in [0.15, 0.2) is 48.6 Å². The summed E-state index contributed by atoms with van der Waals surface area (Å²) < 4.78 is 40.7. The van der Waals surface area contributed by atoms with Crippen molar-refractivity contribution in [3.05, 3.63) is 54.1 Å². The minimum absolute atomic E-state index is 0.289. The van der Waals surface area contributed by atoms with Gasteiger partial charge in [-0.1, -0.05) is 0 Å². The third-order valence-corrected chi connectivity index (χ3v) is 3.49. The van der Waals surface area contributed by atoms with Crippen molar-refractivity contribution in [3.8, 4) is 5.75 Å². The molecule has 0 bridgehead atoms. The molecule has 1 amide bonds. The molecule has 2 heterocycles. The highest BCUT2D eigenvalue weighted by Gasteiger charge is 2.31. The van der Waals surface area contributed by atoms with Crippen molar-refractivity contribution in [2.75, 3.05) is 12.0 Å². The number of benzene rings is 1. The van der Waals surface area contributed by atoms with Gasteiger partial charge in [0.2, 0.25) is 0 Å². The second-order valence-corrected chi connectivity index (χ2v) is 5.25. The zero-order valence-corrected chi connectivity index (χ0v) is 13.4. The summed E-state index contributed by atoms with van der Waals surface area (Å²) in [5, 5.41) is 0. The van der Waals surface area contributed by atoms with Crippen molar-refractivity contribution in [3.63, 3.8) is 0 Å². The Labute approximate surface area is 146 Å². The first-order chi connectivity index (χ1) is 12.4. The van der Waals surface area contributed by atoms with Crippen LogP contribution in [0.3, 0.4) is 0 Å². The number of anilines is 2. The van der Waals surface area contributed by atoms with Crippen LogP contribution in [0.1, 0.15) is 5.56 Å². The number of fused-ring (bicyclic) bond motifs is 1. The third-order valence-electron chi connectivity index (χ3n) is 3.49. The Balaban J connectivity index is 1.94. The van der Waals surface area contributed by atoms with Crippen LogP contribution in [0.4, 0.5) is 24.7 Å². The monoisotopic (exact) mass is 366 g/mol. The van der Waals surface area contributed by atoms with Gasteiger partial charge in [-0.25, -0.2) is 15.4 Å². The number of ether oxygens (including phenoxy) is 1. The summed E-state index contributed by atoms with van der Waals surface area (Å²) in [6.07, 6.45) is -0.0111. The molecule has 1 aliphatic heterocycles. The molecule has 0 saturated carbocycles. The molecule has 0 fully saturated rings. The molecule has 0 spiro atoms. The van der Waals surface area contributed by atoms with E-state index >= 15 is 0 Å². The van der Waals surface area contributed by atoms with E-state index in [1.807, 2.05) is 0 Å². The second-order valence-electron chi connectivity index (χ2n) is 5.25. The molecule has 136 valence electrons. The van der Waals surface area contributed by atoms with Crippen LogP contribution in [0, 0.1) is 0 Å². The van der Waals surface area contributed by atoms with E-state index in [0.29, 0.717) is 22.6 Å². The fourth-order valence-corrected chi connectivity index (χ4v) is 2.46. The Hall–Kier alpha value is -3.14. The van der Waals surface area contributed by atoms with Gasteiger partial charge in [-0.05, 0) is 24.3 Å². The quantitative estimate of drug-likeness (QED) is 0.839. The van der Waals surface area contributed by atoms with Gasteiger partial charge in [0.15, 0.2) is 0 Å². The molecule has 0 saturated heterocycles. The fourth-order valence-electron chi connectivity index (χ4n) is 2.46. The van der Waals surface area contributed by atoms with Crippen LogP contribution >= 0.6 is 0 Å². The first kappa shape index (κ1) is 17.7. The lowest BCUT2D eigenvalue weighted by Gasteiger charge is -2.27. The smallest absolute Gasteiger partial charge is 0.406 e. The zero-order chi connectivity index (χ0) is 18.7. The van der Waals surface area contributed by atoms with Crippen molar-refractivity contribution in [1.82, 2.24) is 15.4 Å². The maximum Gasteiger partial charge on any atom is 0.573 e. The molecule has 0 atom stereocenters. The third kappa shape index (κ3) is 3.91. The Bertz CT molecular complexity index is 837. The number of hydroxylamine groups is 1. The summed E-state index contributed by atoms with van der Waals surface area (Å²) in [6, 6.07) is 5.23. The van der Waals surface area contributed by atoms with E-state index in [2.05, 4.69) is 25.0 Å². The number of halogens is 3. The highest BCUT2D eigenvalue weighted by atomic mass is 19.4. The van der Waals surface area contributed by atoms with E-state index in [4.69, 9.17) is 0 Å². The molecular formula is C16H13F3N4O3. The first-order valence-corrected chi connectivity index (χ1v) is 7.35. The van der Waals surface area contributed by atoms with Gasteiger partial charge in [-0.15, -0.1) is 13.2 Å². The van der Waals surface area contributed by atoms with Crippen LogP contribution in [-0.2, 0) is 16.1 Å². The average Bonchev–Trinajstić information content (AvgIpc) is 2.60. The molecule has 26 heavy (non-hydrogen) atoms. The zero-order valence-electron chi connectivity index (χ0n) is 13.4. The van der Waals surface area contributed by atoms with Gasteiger partial charge in [0.05, 0.1) is 7.11 Å². The van der Waals surface area contributed by atoms with E-state index in [0.717, 1.165) is 0 Å². The lowest BCUT2D eigenvalue weighted by molar-refractivity contribution is -0.274. The molecule has 3 rings (SSSR count). The first-order valence-electron chi connectivity index (χ1n) is 7.35. The minimum atomic E-state index is -4.77. The molecular weight excluding hydrogens is 353 g/mol. The summed E-state index contributed by atoms with van der Waals surface area (Å²) in [5.74, 6) is -0.259. The maximum atomic E-state index is 12.3. The molecule has 10 heteroatoms. The van der Waals surface area contributed by atoms with Crippen LogP contribution in [0.25, 0.3) is 0 Å². The van der Waals surface area contributed by atoms with Crippen molar-refractivity contribution < 1.29 is 27.5 Å². The Morgan fingerprint density at radius 2 is 2.00 bits per heavy atom. The van der Waals surface area contributed by atoms with Gasteiger partial charge in [0.25, 0.3) is 5.91 Å². The number of amides is 1. The van der Waals surface area contributed by atoms with E-state index in [1.165, 1.54) is 37.7 Å². The van der Waals surface area contributed by atoms with Crippen LogP contribution in [0.5, 0.6) is 5.75 Å². The predicted molar refractivity (Wildman–Crippen MR) is 84.2 cm³/mol. The van der Waals surface area contributed by atoms with Gasteiger partial charge in [-0.3, -0.25) is 9.63 Å². The fraction of sp³-hybridized carbons (Fsp3) is 0.188. The minimum Gasteiger partial charge on any atom is -0.406 e. The molecule has 0 aliphatic carbocycles. The Morgan fingerprint density at radius 1 is 1.27 bits per heavy atom.